The summed E-state index contributed by atoms with van der Waals surface area (Å²) in [5.41, 5.74) is 7.16. The number of halogens is 4. The summed E-state index contributed by atoms with van der Waals surface area (Å²) in [5.74, 6) is -0.289. The Balaban J connectivity index is 2.32. The molecule has 0 heterocycles. The second-order valence-electron chi connectivity index (χ2n) is 3.97. The van der Waals surface area contributed by atoms with Crippen molar-refractivity contribution in [2.75, 3.05) is 11.1 Å². The van der Waals surface area contributed by atoms with Crippen molar-refractivity contribution >= 4 is 76.7 Å². The van der Waals surface area contributed by atoms with E-state index in [2.05, 4.69) is 53.1 Å². The van der Waals surface area contributed by atoms with Crippen molar-refractivity contribution in [3.05, 3.63) is 54.3 Å². The number of anilines is 2. The van der Waals surface area contributed by atoms with E-state index in [9.17, 15) is 4.79 Å². The van der Waals surface area contributed by atoms with Crippen LogP contribution in [0.5, 0.6) is 0 Å². The molecule has 0 aliphatic heterocycles. The Labute approximate surface area is 146 Å². The van der Waals surface area contributed by atoms with Crippen LogP contribution in [0.3, 0.4) is 0 Å². The van der Waals surface area contributed by atoms with Gasteiger partial charge in [0.1, 0.15) is 0 Å². The first-order valence-electron chi connectivity index (χ1n) is 5.39. The third kappa shape index (κ3) is 3.75. The monoisotopic (exact) mass is 480 g/mol. The number of carbonyl (C=O) groups is 1. The van der Waals surface area contributed by atoms with Crippen LogP contribution < -0.4 is 11.1 Å². The van der Waals surface area contributed by atoms with Gasteiger partial charge in [-0.3, -0.25) is 4.79 Å². The standard InChI is InChI=1S/C13H8Br3ClN2O/c14-7-3-10(15)12(11(16)4-7)19-13(20)6-1-8(17)5-9(18)2-6/h1-5H,18H2,(H,19,20). The maximum atomic E-state index is 12.2. The Hall–Kier alpha value is -0.560. The summed E-state index contributed by atoms with van der Waals surface area (Å²) >= 11 is 16.1. The Kier molecular flexibility index (Phi) is 5.12. The van der Waals surface area contributed by atoms with Crippen LogP contribution in [0, 0.1) is 0 Å². The number of hydrogen-bond donors (Lipinski definition) is 2. The SMILES string of the molecule is Nc1cc(Cl)cc(C(=O)Nc2c(Br)cc(Br)cc2Br)c1. The Bertz CT molecular complexity index is 648. The molecule has 7 heteroatoms. The van der Waals surface area contributed by atoms with Gasteiger partial charge in [-0.15, -0.1) is 0 Å². The zero-order valence-corrected chi connectivity index (χ0v) is 15.4. The van der Waals surface area contributed by atoms with Gasteiger partial charge >= 0.3 is 0 Å². The van der Waals surface area contributed by atoms with Crippen LogP contribution in [0.25, 0.3) is 0 Å². The maximum Gasteiger partial charge on any atom is 0.255 e. The minimum Gasteiger partial charge on any atom is -0.399 e. The van der Waals surface area contributed by atoms with Crippen LogP contribution in [0.15, 0.2) is 43.7 Å². The zero-order chi connectivity index (χ0) is 14.9. The van der Waals surface area contributed by atoms with Crippen molar-refractivity contribution in [3.63, 3.8) is 0 Å². The molecule has 2 aromatic rings. The Morgan fingerprint density at radius 2 is 1.65 bits per heavy atom. The molecule has 3 N–H and O–H groups in total. The summed E-state index contributed by atoms with van der Waals surface area (Å²) < 4.78 is 2.39. The van der Waals surface area contributed by atoms with Gasteiger partial charge in [0.15, 0.2) is 0 Å². The number of nitrogens with one attached hydrogen (secondary N) is 1. The molecule has 1 amide bonds. The van der Waals surface area contributed by atoms with E-state index >= 15 is 0 Å². The summed E-state index contributed by atoms with van der Waals surface area (Å²) in [6.45, 7) is 0. The summed E-state index contributed by atoms with van der Waals surface area (Å²) in [5, 5.41) is 3.23. The van der Waals surface area contributed by atoms with Gasteiger partial charge in [-0.2, -0.15) is 0 Å². The normalized spacial score (nSPS) is 10.4. The van der Waals surface area contributed by atoms with Crippen molar-refractivity contribution in [2.45, 2.75) is 0 Å². The first-order chi connectivity index (χ1) is 9.36. The van der Waals surface area contributed by atoms with Gasteiger partial charge in [-0.05, 0) is 62.2 Å². The van der Waals surface area contributed by atoms with E-state index in [1.54, 1.807) is 18.2 Å². The van der Waals surface area contributed by atoms with E-state index in [-0.39, 0.29) is 5.91 Å². The molecule has 0 bridgehead atoms. The lowest BCUT2D eigenvalue weighted by molar-refractivity contribution is 0.102. The third-order valence-electron chi connectivity index (χ3n) is 2.43. The molecule has 0 unspecified atom stereocenters. The van der Waals surface area contributed by atoms with Gasteiger partial charge in [-0.1, -0.05) is 27.5 Å². The first kappa shape index (κ1) is 15.8. The molecule has 0 atom stereocenters. The first-order valence-corrected chi connectivity index (χ1v) is 8.14. The lowest BCUT2D eigenvalue weighted by Gasteiger charge is -2.11. The molecule has 20 heavy (non-hydrogen) atoms. The molecule has 0 aliphatic carbocycles. The number of carbonyl (C=O) groups excluding carboxylic acids is 1. The van der Waals surface area contributed by atoms with Gasteiger partial charge in [0, 0.05) is 29.7 Å². The quantitative estimate of drug-likeness (QED) is 0.558. The van der Waals surface area contributed by atoms with E-state index < -0.39 is 0 Å². The van der Waals surface area contributed by atoms with E-state index in [1.807, 2.05) is 12.1 Å². The molecule has 0 radical (unpaired) electrons. The zero-order valence-electron chi connectivity index (χ0n) is 9.88. The Morgan fingerprint density at radius 1 is 1.05 bits per heavy atom. The highest BCUT2D eigenvalue weighted by atomic mass is 79.9. The van der Waals surface area contributed by atoms with E-state index in [0.717, 1.165) is 13.4 Å². The smallest absolute Gasteiger partial charge is 0.255 e. The summed E-state index contributed by atoms with van der Waals surface area (Å²) in [4.78, 5) is 12.2. The molecule has 3 nitrogen and oxygen atoms in total. The fourth-order valence-corrected chi connectivity index (χ4v) is 4.29. The van der Waals surface area contributed by atoms with Crippen molar-refractivity contribution in [3.8, 4) is 0 Å². The number of rotatable bonds is 2. The molecule has 0 saturated heterocycles. The van der Waals surface area contributed by atoms with Crippen LogP contribution in [0.2, 0.25) is 5.02 Å². The van der Waals surface area contributed by atoms with Crippen LogP contribution in [0.1, 0.15) is 10.4 Å². The second-order valence-corrected chi connectivity index (χ2v) is 7.03. The number of nitrogens with two attached hydrogens (primary N) is 1. The lowest BCUT2D eigenvalue weighted by Crippen LogP contribution is -2.13. The lowest BCUT2D eigenvalue weighted by atomic mass is 10.2. The van der Waals surface area contributed by atoms with Gasteiger partial charge in [0.05, 0.1) is 5.69 Å². The van der Waals surface area contributed by atoms with Gasteiger partial charge < -0.3 is 11.1 Å². The molecule has 0 aromatic heterocycles. The van der Waals surface area contributed by atoms with Crippen LogP contribution in [-0.4, -0.2) is 5.91 Å². The van der Waals surface area contributed by atoms with E-state index in [0.29, 0.717) is 22.0 Å². The van der Waals surface area contributed by atoms with E-state index in [4.69, 9.17) is 17.3 Å². The van der Waals surface area contributed by atoms with Crippen molar-refractivity contribution < 1.29 is 4.79 Å². The van der Waals surface area contributed by atoms with Crippen LogP contribution in [-0.2, 0) is 0 Å². The highest BCUT2D eigenvalue weighted by Gasteiger charge is 2.13. The van der Waals surface area contributed by atoms with Crippen LogP contribution in [0.4, 0.5) is 11.4 Å². The minimum absolute atomic E-state index is 0.289. The number of hydrogen-bond acceptors (Lipinski definition) is 2. The highest BCUT2D eigenvalue weighted by Crippen LogP contribution is 2.34. The number of nitrogen functional groups attached to an aromatic ring is 1. The molecule has 2 aromatic carbocycles. The van der Waals surface area contributed by atoms with Crippen molar-refractivity contribution in [1.29, 1.82) is 0 Å². The molecule has 0 saturated carbocycles. The molecule has 2 rings (SSSR count). The molecular weight excluding hydrogens is 475 g/mol. The summed E-state index contributed by atoms with van der Waals surface area (Å²) in [6.07, 6.45) is 0. The maximum absolute atomic E-state index is 12.2. The van der Waals surface area contributed by atoms with E-state index in [1.165, 1.54) is 0 Å². The van der Waals surface area contributed by atoms with Gasteiger partial charge in [-0.25, -0.2) is 0 Å². The molecule has 0 spiro atoms. The largest absolute Gasteiger partial charge is 0.399 e. The average Bonchev–Trinajstić information content (AvgIpc) is 2.32. The number of amides is 1. The fourth-order valence-electron chi connectivity index (χ4n) is 1.59. The summed E-state index contributed by atoms with van der Waals surface area (Å²) in [7, 11) is 0. The molecular formula is C13H8Br3ClN2O. The predicted molar refractivity (Wildman–Crippen MR) is 93.4 cm³/mol. The van der Waals surface area contributed by atoms with Crippen molar-refractivity contribution in [2.24, 2.45) is 0 Å². The minimum atomic E-state index is -0.289. The van der Waals surface area contributed by atoms with Gasteiger partial charge in [0.25, 0.3) is 5.91 Å². The molecule has 0 fully saturated rings. The van der Waals surface area contributed by atoms with Gasteiger partial charge in [0.2, 0.25) is 0 Å². The predicted octanol–water partition coefficient (Wildman–Crippen LogP) is 5.46. The molecule has 104 valence electrons. The number of benzene rings is 2. The molecule has 0 aliphatic rings. The fraction of sp³-hybridized carbons (Fsp3) is 0. The van der Waals surface area contributed by atoms with Crippen molar-refractivity contribution in [1.82, 2.24) is 0 Å². The average molecular weight is 483 g/mol. The topological polar surface area (TPSA) is 55.1 Å². The Morgan fingerprint density at radius 3 is 2.20 bits per heavy atom. The van der Waals surface area contributed by atoms with Crippen LogP contribution >= 0.6 is 59.4 Å². The third-order valence-corrected chi connectivity index (χ3v) is 4.35. The second kappa shape index (κ2) is 6.47. The highest BCUT2D eigenvalue weighted by molar-refractivity contribution is 9.11. The summed E-state index contributed by atoms with van der Waals surface area (Å²) in [6, 6.07) is 8.40.